The van der Waals surface area contributed by atoms with Gasteiger partial charge in [0.1, 0.15) is 17.3 Å². The fraction of sp³-hybridized carbons (Fsp3) is 0.364. The lowest BCUT2D eigenvalue weighted by atomic mass is 10.2. The monoisotopic (exact) mass is 307 g/mol. The topological polar surface area (TPSA) is 83.9 Å². The van der Waals surface area contributed by atoms with Gasteiger partial charge >= 0.3 is 5.97 Å². The van der Waals surface area contributed by atoms with Crippen molar-refractivity contribution in [3.05, 3.63) is 23.8 Å². The third-order valence-electron chi connectivity index (χ3n) is 2.25. The lowest BCUT2D eigenvalue weighted by Crippen LogP contribution is -2.20. The predicted molar refractivity (Wildman–Crippen MR) is 70.5 cm³/mol. The average Bonchev–Trinajstić information content (AvgIpc) is 2.27. The minimum absolute atomic E-state index is 0.0434. The molecule has 0 unspecified atom stereocenters. The highest BCUT2D eigenvalue weighted by Crippen LogP contribution is 2.28. The molecule has 0 spiro atoms. The molecular weight excluding hydrogens is 294 g/mol. The Hall–Kier alpha value is -1.31. The van der Waals surface area contributed by atoms with E-state index in [2.05, 4.69) is 0 Å². The largest absolute Gasteiger partial charge is 0.491 e. The highest BCUT2D eigenvalue weighted by atomic mass is 35.7. The van der Waals surface area contributed by atoms with Gasteiger partial charge in [-0.15, -0.1) is 0 Å². The molecule has 0 amide bonds. The maximum atomic E-state index is 11.4. The molecule has 1 aromatic rings. The summed E-state index contributed by atoms with van der Waals surface area (Å²) in [6.07, 6.45) is 0. The Kier molecular flexibility index (Phi) is 5.16. The molecular formula is C11H14ClNO5S. The normalized spacial score (nSPS) is 11.6. The van der Waals surface area contributed by atoms with Gasteiger partial charge < -0.3 is 14.7 Å². The molecule has 0 aliphatic rings. The quantitative estimate of drug-likeness (QED) is 0.796. The highest BCUT2D eigenvalue weighted by molar-refractivity contribution is 8.13. The van der Waals surface area contributed by atoms with Gasteiger partial charge in [-0.2, -0.15) is 0 Å². The number of hydrogen-bond donors (Lipinski definition) is 1. The van der Waals surface area contributed by atoms with Gasteiger partial charge in [0.15, 0.2) is 0 Å². The van der Waals surface area contributed by atoms with E-state index in [0.717, 1.165) is 6.07 Å². The number of ether oxygens (including phenoxy) is 1. The van der Waals surface area contributed by atoms with E-state index in [-0.39, 0.29) is 22.8 Å². The lowest BCUT2D eigenvalue weighted by molar-refractivity contribution is 0.0696. The highest BCUT2D eigenvalue weighted by Gasteiger charge is 2.19. The van der Waals surface area contributed by atoms with Crippen molar-refractivity contribution in [1.82, 2.24) is 4.90 Å². The number of nitrogens with zero attached hydrogens (tertiary/aromatic N) is 1. The molecule has 1 N–H and O–H groups in total. The summed E-state index contributed by atoms with van der Waals surface area (Å²) in [6.45, 7) is 0.848. The Morgan fingerprint density at radius 3 is 2.53 bits per heavy atom. The van der Waals surface area contributed by atoms with Gasteiger partial charge in [0.05, 0.1) is 5.56 Å². The fourth-order valence-electron chi connectivity index (χ4n) is 1.29. The zero-order valence-corrected chi connectivity index (χ0v) is 12.0. The molecule has 0 aliphatic heterocycles. The van der Waals surface area contributed by atoms with Crippen LogP contribution < -0.4 is 4.74 Å². The average molecular weight is 308 g/mol. The Balaban J connectivity index is 3.07. The minimum Gasteiger partial charge on any atom is -0.491 e. The second kappa shape index (κ2) is 6.23. The number of halogens is 1. The summed E-state index contributed by atoms with van der Waals surface area (Å²) in [4.78, 5) is 12.3. The number of likely N-dealkylation sites (N-methyl/N-ethyl adjacent to an activating group) is 1. The molecule has 0 fully saturated rings. The van der Waals surface area contributed by atoms with E-state index < -0.39 is 15.0 Å². The van der Waals surface area contributed by atoms with E-state index in [1.165, 1.54) is 12.1 Å². The van der Waals surface area contributed by atoms with Crippen molar-refractivity contribution in [1.29, 1.82) is 0 Å². The number of benzene rings is 1. The first-order valence-corrected chi connectivity index (χ1v) is 7.62. The first-order valence-electron chi connectivity index (χ1n) is 5.31. The van der Waals surface area contributed by atoms with Crippen molar-refractivity contribution in [3.8, 4) is 5.75 Å². The number of carboxylic acids is 1. The molecule has 0 atom stereocenters. The molecule has 0 aliphatic carbocycles. The van der Waals surface area contributed by atoms with Crippen LogP contribution >= 0.6 is 10.7 Å². The van der Waals surface area contributed by atoms with Gasteiger partial charge in [-0.3, -0.25) is 0 Å². The van der Waals surface area contributed by atoms with Gasteiger partial charge in [0, 0.05) is 17.2 Å². The molecule has 0 heterocycles. The van der Waals surface area contributed by atoms with Gasteiger partial charge in [-0.05, 0) is 32.3 Å². The molecule has 19 heavy (non-hydrogen) atoms. The second-order valence-electron chi connectivity index (χ2n) is 4.06. The van der Waals surface area contributed by atoms with Crippen molar-refractivity contribution >= 4 is 25.7 Å². The van der Waals surface area contributed by atoms with Crippen molar-refractivity contribution in [2.75, 3.05) is 27.2 Å². The van der Waals surface area contributed by atoms with Crippen molar-refractivity contribution in [2.45, 2.75) is 4.90 Å². The third kappa shape index (κ3) is 4.70. The van der Waals surface area contributed by atoms with Crippen LogP contribution in [-0.2, 0) is 9.05 Å². The first kappa shape index (κ1) is 15.7. The van der Waals surface area contributed by atoms with Crippen LogP contribution in [0.25, 0.3) is 0 Å². The SMILES string of the molecule is CN(C)CCOc1ccc(C(=O)O)cc1S(=O)(=O)Cl. The summed E-state index contributed by atoms with van der Waals surface area (Å²) in [7, 11) is 4.89. The summed E-state index contributed by atoms with van der Waals surface area (Å²) in [6, 6.07) is 3.53. The molecule has 1 rings (SSSR count). The standard InChI is InChI=1S/C11H14ClNO5S/c1-13(2)5-6-18-9-4-3-8(11(14)15)7-10(9)19(12,16)17/h3-4,7H,5-6H2,1-2H3,(H,14,15). The van der Waals surface area contributed by atoms with E-state index in [0.29, 0.717) is 6.54 Å². The Labute approximate surface area is 116 Å². The minimum atomic E-state index is -4.07. The van der Waals surface area contributed by atoms with Crippen LogP contribution in [-0.4, -0.2) is 51.6 Å². The summed E-state index contributed by atoms with van der Waals surface area (Å²) in [5.41, 5.74) is -0.167. The lowest BCUT2D eigenvalue weighted by Gasteiger charge is -2.13. The van der Waals surface area contributed by atoms with Gasteiger partial charge in [0.2, 0.25) is 0 Å². The molecule has 0 radical (unpaired) electrons. The van der Waals surface area contributed by atoms with Crippen LogP contribution in [0.1, 0.15) is 10.4 Å². The maximum Gasteiger partial charge on any atom is 0.335 e. The molecule has 106 valence electrons. The Morgan fingerprint density at radius 1 is 1.42 bits per heavy atom. The van der Waals surface area contributed by atoms with Gasteiger partial charge in [-0.1, -0.05) is 0 Å². The molecule has 8 heteroatoms. The van der Waals surface area contributed by atoms with E-state index in [9.17, 15) is 13.2 Å². The Morgan fingerprint density at radius 2 is 2.05 bits per heavy atom. The molecule has 6 nitrogen and oxygen atoms in total. The summed E-state index contributed by atoms with van der Waals surface area (Å²) in [5.74, 6) is -1.19. The van der Waals surface area contributed by atoms with Crippen LogP contribution in [0.2, 0.25) is 0 Å². The molecule has 1 aromatic carbocycles. The van der Waals surface area contributed by atoms with Crippen LogP contribution in [0, 0.1) is 0 Å². The summed E-state index contributed by atoms with van der Waals surface area (Å²) in [5, 5.41) is 8.83. The van der Waals surface area contributed by atoms with E-state index in [1.54, 1.807) is 0 Å². The van der Waals surface area contributed by atoms with E-state index in [1.807, 2.05) is 19.0 Å². The number of carboxylic acid groups (broad SMARTS) is 1. The molecule has 0 aromatic heterocycles. The predicted octanol–water partition coefficient (Wildman–Crippen LogP) is 1.25. The first-order chi connectivity index (χ1) is 8.71. The molecule has 0 saturated heterocycles. The fourth-order valence-corrected chi connectivity index (χ4v) is 2.29. The van der Waals surface area contributed by atoms with E-state index in [4.69, 9.17) is 20.5 Å². The number of carbonyl (C=O) groups is 1. The number of hydrogen-bond acceptors (Lipinski definition) is 5. The van der Waals surface area contributed by atoms with Crippen molar-refractivity contribution in [2.24, 2.45) is 0 Å². The zero-order valence-electron chi connectivity index (χ0n) is 10.5. The third-order valence-corrected chi connectivity index (χ3v) is 3.59. The molecule has 0 saturated carbocycles. The Bertz CT molecular complexity index is 570. The van der Waals surface area contributed by atoms with Crippen molar-refractivity contribution in [3.63, 3.8) is 0 Å². The number of aromatic carboxylic acids is 1. The van der Waals surface area contributed by atoms with Gasteiger partial charge in [-0.25, -0.2) is 13.2 Å². The van der Waals surface area contributed by atoms with Crippen LogP contribution in [0.4, 0.5) is 0 Å². The number of rotatable bonds is 6. The van der Waals surface area contributed by atoms with Gasteiger partial charge in [0.25, 0.3) is 9.05 Å². The smallest absolute Gasteiger partial charge is 0.335 e. The summed E-state index contributed by atoms with van der Waals surface area (Å²) < 4.78 is 28.1. The van der Waals surface area contributed by atoms with Crippen LogP contribution in [0.5, 0.6) is 5.75 Å². The van der Waals surface area contributed by atoms with Crippen LogP contribution in [0.15, 0.2) is 23.1 Å². The molecule has 0 bridgehead atoms. The second-order valence-corrected chi connectivity index (χ2v) is 6.59. The van der Waals surface area contributed by atoms with Crippen LogP contribution in [0.3, 0.4) is 0 Å². The van der Waals surface area contributed by atoms with E-state index >= 15 is 0 Å². The maximum absolute atomic E-state index is 11.4. The summed E-state index contributed by atoms with van der Waals surface area (Å²) >= 11 is 0. The zero-order chi connectivity index (χ0) is 14.6. The van der Waals surface area contributed by atoms with Crippen molar-refractivity contribution < 1.29 is 23.1 Å².